The molecule has 70 valence electrons. The van der Waals surface area contributed by atoms with Gasteiger partial charge in [0.2, 0.25) is 0 Å². The molecule has 0 bridgehead atoms. The van der Waals surface area contributed by atoms with Crippen LogP contribution in [0.3, 0.4) is 0 Å². The Bertz CT molecular complexity index is 258. The summed E-state index contributed by atoms with van der Waals surface area (Å²) in [7, 11) is 0. The first-order valence-electron chi connectivity index (χ1n) is 5.23. The zero-order chi connectivity index (χ0) is 8.93. The summed E-state index contributed by atoms with van der Waals surface area (Å²) in [5.41, 5.74) is 3.15. The van der Waals surface area contributed by atoms with Crippen LogP contribution in [-0.2, 0) is 0 Å². The minimum atomic E-state index is 0.989. The minimum absolute atomic E-state index is 0.989. The van der Waals surface area contributed by atoms with E-state index in [9.17, 15) is 0 Å². The van der Waals surface area contributed by atoms with Crippen molar-refractivity contribution < 1.29 is 0 Å². The summed E-state index contributed by atoms with van der Waals surface area (Å²) in [5, 5.41) is 3.52. The molecule has 1 aliphatic carbocycles. The summed E-state index contributed by atoms with van der Waals surface area (Å²) < 4.78 is 0. The molecule has 2 rings (SSSR count). The maximum atomic E-state index is 3.52. The van der Waals surface area contributed by atoms with Gasteiger partial charge in [0, 0.05) is 12.2 Å². The fourth-order valence-corrected chi connectivity index (χ4v) is 2.02. The fourth-order valence-electron chi connectivity index (χ4n) is 2.02. The normalized spacial score (nSPS) is 22.8. The highest BCUT2D eigenvalue weighted by atomic mass is 14.9. The summed E-state index contributed by atoms with van der Waals surface area (Å²) in [6.07, 6.45) is 15.2. The average molecular weight is 175 g/mol. The van der Waals surface area contributed by atoms with E-state index in [4.69, 9.17) is 0 Å². The van der Waals surface area contributed by atoms with E-state index in [0.717, 1.165) is 13.0 Å². The molecule has 0 fully saturated rings. The fraction of sp³-hybridized carbons (Fsp3) is 0.500. The zero-order valence-electron chi connectivity index (χ0n) is 8.05. The molecule has 0 atom stereocenters. The van der Waals surface area contributed by atoms with Gasteiger partial charge in [-0.3, -0.25) is 0 Å². The first-order chi connectivity index (χ1) is 6.47. The Morgan fingerprint density at radius 3 is 2.85 bits per heavy atom. The Morgan fingerprint density at radius 2 is 1.85 bits per heavy atom. The van der Waals surface area contributed by atoms with Crippen molar-refractivity contribution in [3.8, 4) is 0 Å². The molecule has 0 radical (unpaired) electrons. The van der Waals surface area contributed by atoms with Crippen molar-refractivity contribution >= 4 is 0 Å². The van der Waals surface area contributed by atoms with Crippen LogP contribution in [-0.4, -0.2) is 6.54 Å². The summed E-state index contributed by atoms with van der Waals surface area (Å²) in [6, 6.07) is 0. The third-order valence-corrected chi connectivity index (χ3v) is 2.76. The van der Waals surface area contributed by atoms with Crippen LogP contribution >= 0.6 is 0 Å². The maximum Gasteiger partial charge on any atom is 0.0330 e. The molecule has 0 aromatic carbocycles. The van der Waals surface area contributed by atoms with Crippen LogP contribution in [0.25, 0.3) is 0 Å². The highest BCUT2D eigenvalue weighted by Crippen LogP contribution is 2.25. The van der Waals surface area contributed by atoms with Gasteiger partial charge in [-0.2, -0.15) is 0 Å². The van der Waals surface area contributed by atoms with Crippen LogP contribution in [0, 0.1) is 0 Å². The van der Waals surface area contributed by atoms with E-state index in [1.807, 2.05) is 0 Å². The second kappa shape index (κ2) is 4.31. The molecular formula is C12H17N. The first-order valence-corrected chi connectivity index (χ1v) is 5.23. The van der Waals surface area contributed by atoms with Crippen LogP contribution in [0.15, 0.2) is 35.6 Å². The highest BCUT2D eigenvalue weighted by Gasteiger charge is 2.10. The van der Waals surface area contributed by atoms with E-state index in [1.165, 1.54) is 31.4 Å². The number of rotatable bonds is 0. The van der Waals surface area contributed by atoms with Gasteiger partial charge in [0.25, 0.3) is 0 Å². The molecule has 1 heterocycles. The lowest BCUT2D eigenvalue weighted by molar-refractivity contribution is 0.622. The summed E-state index contributed by atoms with van der Waals surface area (Å²) in [4.78, 5) is 0. The van der Waals surface area contributed by atoms with Crippen molar-refractivity contribution in [1.82, 2.24) is 5.32 Å². The molecule has 1 heteroatoms. The molecule has 1 aliphatic heterocycles. The van der Waals surface area contributed by atoms with E-state index >= 15 is 0 Å². The topological polar surface area (TPSA) is 12.0 Å². The number of allylic oxidation sites excluding steroid dienone is 5. The van der Waals surface area contributed by atoms with Crippen LogP contribution < -0.4 is 5.32 Å². The van der Waals surface area contributed by atoms with Crippen LogP contribution in [0.2, 0.25) is 0 Å². The van der Waals surface area contributed by atoms with Crippen molar-refractivity contribution in [3.05, 3.63) is 35.6 Å². The lowest BCUT2D eigenvalue weighted by atomic mass is 9.94. The molecule has 0 aromatic heterocycles. The molecule has 0 spiro atoms. The second-order valence-electron chi connectivity index (χ2n) is 3.73. The first kappa shape index (κ1) is 8.61. The molecule has 1 N–H and O–H groups in total. The lowest BCUT2D eigenvalue weighted by Crippen LogP contribution is -2.17. The average Bonchev–Trinajstić information content (AvgIpc) is 2.28. The quantitative estimate of drug-likeness (QED) is 0.597. The zero-order valence-corrected chi connectivity index (χ0v) is 8.05. The number of nitrogens with one attached hydrogen (secondary N) is 1. The standard InChI is InChI=1S/C12H17N/c1-2-6-10-13-12-9-5-4-8-11(12)7-3-1/h1-3,6,13H,4-5,7-10H2. The summed E-state index contributed by atoms with van der Waals surface area (Å²) >= 11 is 0. The summed E-state index contributed by atoms with van der Waals surface area (Å²) in [6.45, 7) is 0.989. The Labute approximate surface area is 80.2 Å². The predicted octanol–water partition coefficient (Wildman–Crippen LogP) is 2.92. The van der Waals surface area contributed by atoms with E-state index < -0.39 is 0 Å². The molecule has 0 aromatic rings. The maximum absolute atomic E-state index is 3.52. The van der Waals surface area contributed by atoms with Gasteiger partial charge in [-0.1, -0.05) is 24.3 Å². The van der Waals surface area contributed by atoms with Crippen molar-refractivity contribution in [3.63, 3.8) is 0 Å². The SMILES string of the molecule is C1=CCNC2=C(CC=C1)CCCC2. The van der Waals surface area contributed by atoms with Crippen LogP contribution in [0.1, 0.15) is 32.1 Å². The third-order valence-electron chi connectivity index (χ3n) is 2.76. The number of hydrogen-bond donors (Lipinski definition) is 1. The Kier molecular flexibility index (Phi) is 2.86. The van der Waals surface area contributed by atoms with Crippen LogP contribution in [0.5, 0.6) is 0 Å². The van der Waals surface area contributed by atoms with Gasteiger partial charge in [0.1, 0.15) is 0 Å². The predicted molar refractivity (Wildman–Crippen MR) is 56.4 cm³/mol. The van der Waals surface area contributed by atoms with Gasteiger partial charge < -0.3 is 5.32 Å². The van der Waals surface area contributed by atoms with E-state index in [0.29, 0.717) is 0 Å². The molecular weight excluding hydrogens is 158 g/mol. The number of hydrogen-bond acceptors (Lipinski definition) is 1. The third kappa shape index (κ3) is 2.24. The van der Waals surface area contributed by atoms with Crippen molar-refractivity contribution in [2.75, 3.05) is 6.54 Å². The minimum Gasteiger partial charge on any atom is -0.385 e. The Hall–Kier alpha value is -0.980. The molecule has 1 nitrogen and oxygen atoms in total. The van der Waals surface area contributed by atoms with Gasteiger partial charge in [0.15, 0.2) is 0 Å². The van der Waals surface area contributed by atoms with Gasteiger partial charge in [-0.25, -0.2) is 0 Å². The van der Waals surface area contributed by atoms with Crippen molar-refractivity contribution in [2.45, 2.75) is 32.1 Å². The van der Waals surface area contributed by atoms with Gasteiger partial charge >= 0.3 is 0 Å². The Morgan fingerprint density at radius 1 is 1.00 bits per heavy atom. The second-order valence-corrected chi connectivity index (χ2v) is 3.73. The van der Waals surface area contributed by atoms with Gasteiger partial charge in [-0.05, 0) is 37.7 Å². The molecule has 0 amide bonds. The monoisotopic (exact) mass is 175 g/mol. The Balaban J connectivity index is 2.14. The molecule has 0 saturated heterocycles. The highest BCUT2D eigenvalue weighted by molar-refractivity contribution is 5.21. The largest absolute Gasteiger partial charge is 0.385 e. The van der Waals surface area contributed by atoms with Gasteiger partial charge in [0.05, 0.1) is 0 Å². The molecule has 0 unspecified atom stereocenters. The van der Waals surface area contributed by atoms with E-state index in [2.05, 4.69) is 29.6 Å². The van der Waals surface area contributed by atoms with Crippen LogP contribution in [0.4, 0.5) is 0 Å². The lowest BCUT2D eigenvalue weighted by Gasteiger charge is -2.20. The van der Waals surface area contributed by atoms with Crippen molar-refractivity contribution in [1.29, 1.82) is 0 Å². The smallest absolute Gasteiger partial charge is 0.0330 e. The van der Waals surface area contributed by atoms with Crippen molar-refractivity contribution in [2.24, 2.45) is 0 Å². The summed E-state index contributed by atoms with van der Waals surface area (Å²) in [5.74, 6) is 0. The molecule has 13 heavy (non-hydrogen) atoms. The molecule has 2 aliphatic rings. The van der Waals surface area contributed by atoms with E-state index in [-0.39, 0.29) is 0 Å². The van der Waals surface area contributed by atoms with E-state index in [1.54, 1.807) is 5.57 Å². The molecule has 0 saturated carbocycles. The van der Waals surface area contributed by atoms with Gasteiger partial charge in [-0.15, -0.1) is 0 Å².